The molecule has 0 aliphatic heterocycles. The summed E-state index contributed by atoms with van der Waals surface area (Å²) in [6, 6.07) is 8.49. The predicted molar refractivity (Wildman–Crippen MR) is 127 cm³/mol. The summed E-state index contributed by atoms with van der Waals surface area (Å²) in [5.41, 5.74) is 2.86. The fourth-order valence-electron chi connectivity index (χ4n) is 3.60. The number of thiazole rings is 1. The normalized spacial score (nSPS) is 11.9. The molecule has 0 saturated heterocycles. The van der Waals surface area contributed by atoms with Gasteiger partial charge < -0.3 is 5.32 Å². The van der Waals surface area contributed by atoms with Gasteiger partial charge in [-0.2, -0.15) is 5.26 Å². The molecule has 1 N–H and O–H groups in total. The van der Waals surface area contributed by atoms with E-state index < -0.39 is 0 Å². The molecule has 0 bridgehead atoms. The highest BCUT2D eigenvalue weighted by molar-refractivity contribution is 7.18. The smallest absolute Gasteiger partial charge is 0.220 e. The number of rotatable bonds is 14. The average molecular weight is 426 g/mol. The van der Waals surface area contributed by atoms with E-state index in [1.807, 2.05) is 0 Å². The van der Waals surface area contributed by atoms with Crippen LogP contribution in [0.2, 0.25) is 0 Å². The fraction of sp³-hybridized carbons (Fsp3) is 0.560. The van der Waals surface area contributed by atoms with Crippen molar-refractivity contribution in [3.63, 3.8) is 0 Å². The summed E-state index contributed by atoms with van der Waals surface area (Å²) < 4.78 is 1.19. The summed E-state index contributed by atoms with van der Waals surface area (Å²) in [7, 11) is 0. The van der Waals surface area contributed by atoms with Gasteiger partial charge in [0, 0.05) is 30.9 Å². The van der Waals surface area contributed by atoms with Crippen molar-refractivity contribution in [2.45, 2.75) is 90.5 Å². The van der Waals surface area contributed by atoms with Gasteiger partial charge in [0.1, 0.15) is 0 Å². The summed E-state index contributed by atoms with van der Waals surface area (Å²) in [6.07, 6.45) is 10.8. The van der Waals surface area contributed by atoms with Crippen molar-refractivity contribution < 1.29 is 4.79 Å². The zero-order valence-corrected chi connectivity index (χ0v) is 19.3. The van der Waals surface area contributed by atoms with Crippen molar-refractivity contribution in [2.75, 3.05) is 0 Å². The first-order valence-electron chi connectivity index (χ1n) is 11.3. The minimum absolute atomic E-state index is 0.00157. The van der Waals surface area contributed by atoms with Gasteiger partial charge in [0.2, 0.25) is 5.91 Å². The fourth-order valence-corrected chi connectivity index (χ4v) is 4.63. The first kappa shape index (κ1) is 24.1. The molecule has 0 saturated carbocycles. The lowest BCUT2D eigenvalue weighted by molar-refractivity contribution is -0.121. The van der Waals surface area contributed by atoms with E-state index in [-0.39, 0.29) is 11.9 Å². The third-order valence-electron chi connectivity index (χ3n) is 5.39. The number of amides is 1. The number of nitrogens with zero attached hydrogens (tertiary/aromatic N) is 2. The number of aromatic nitrogens is 1. The zero-order valence-electron chi connectivity index (χ0n) is 18.5. The molecule has 1 aromatic heterocycles. The second-order valence-corrected chi connectivity index (χ2v) is 9.12. The Labute approximate surface area is 185 Å². The lowest BCUT2D eigenvalue weighted by Gasteiger charge is -2.18. The molecule has 1 heterocycles. The first-order chi connectivity index (χ1) is 14.5. The third-order valence-corrected chi connectivity index (χ3v) is 6.47. The summed E-state index contributed by atoms with van der Waals surface area (Å²) in [5.74, 6) is 0.0326. The van der Waals surface area contributed by atoms with E-state index in [1.54, 1.807) is 11.3 Å². The Morgan fingerprint density at radius 1 is 1.23 bits per heavy atom. The minimum atomic E-state index is -0.00157. The van der Waals surface area contributed by atoms with Gasteiger partial charge in [-0.05, 0) is 30.5 Å². The van der Waals surface area contributed by atoms with Gasteiger partial charge in [0.25, 0.3) is 0 Å². The van der Waals surface area contributed by atoms with Gasteiger partial charge in [0.05, 0.1) is 21.3 Å². The number of benzene rings is 1. The SMILES string of the molecule is C=C(C#N)CC(CCCCCCCC)NC(=O)CCc1nc2ccc(CC)cc2s1. The number of carbonyl (C=O) groups excluding carboxylic acids is 1. The molecule has 1 amide bonds. The molecule has 30 heavy (non-hydrogen) atoms. The number of nitriles is 1. The molecule has 0 aliphatic carbocycles. The number of hydrogen-bond acceptors (Lipinski definition) is 4. The summed E-state index contributed by atoms with van der Waals surface area (Å²) in [4.78, 5) is 17.2. The second kappa shape index (κ2) is 13.2. The van der Waals surface area contributed by atoms with Crippen LogP contribution in [0.15, 0.2) is 30.4 Å². The third kappa shape index (κ3) is 8.28. The van der Waals surface area contributed by atoms with Gasteiger partial charge in [-0.3, -0.25) is 4.79 Å². The van der Waals surface area contributed by atoms with Crippen molar-refractivity contribution in [1.29, 1.82) is 5.26 Å². The quantitative estimate of drug-likeness (QED) is 0.278. The van der Waals surface area contributed by atoms with Gasteiger partial charge in [-0.25, -0.2) is 4.98 Å². The Hall–Kier alpha value is -2.19. The number of nitrogens with one attached hydrogen (secondary N) is 1. The van der Waals surface area contributed by atoms with E-state index in [0.29, 0.717) is 24.8 Å². The van der Waals surface area contributed by atoms with Crippen molar-refractivity contribution in [3.8, 4) is 6.07 Å². The van der Waals surface area contributed by atoms with Crippen LogP contribution in [-0.4, -0.2) is 16.9 Å². The van der Waals surface area contributed by atoms with Crippen molar-refractivity contribution >= 4 is 27.5 Å². The van der Waals surface area contributed by atoms with Crippen LogP contribution in [0.3, 0.4) is 0 Å². The predicted octanol–water partition coefficient (Wildman–Crippen LogP) is 6.50. The highest BCUT2D eigenvalue weighted by Crippen LogP contribution is 2.24. The van der Waals surface area contributed by atoms with Crippen molar-refractivity contribution in [3.05, 3.63) is 40.9 Å². The first-order valence-corrected chi connectivity index (χ1v) is 12.1. The number of aryl methyl sites for hydroxylation is 2. The lowest BCUT2D eigenvalue weighted by atomic mass is 10.0. The lowest BCUT2D eigenvalue weighted by Crippen LogP contribution is -2.35. The van der Waals surface area contributed by atoms with Crippen molar-refractivity contribution in [1.82, 2.24) is 10.3 Å². The van der Waals surface area contributed by atoms with Gasteiger partial charge >= 0.3 is 0 Å². The molecule has 0 spiro atoms. The molecule has 2 rings (SSSR count). The van der Waals surface area contributed by atoms with E-state index in [4.69, 9.17) is 5.26 Å². The van der Waals surface area contributed by atoms with Gasteiger partial charge in [-0.1, -0.05) is 65.0 Å². The second-order valence-electron chi connectivity index (χ2n) is 8.00. The number of unbranched alkanes of at least 4 members (excludes halogenated alkanes) is 5. The maximum Gasteiger partial charge on any atom is 0.220 e. The van der Waals surface area contributed by atoms with Crippen LogP contribution in [0.5, 0.6) is 0 Å². The number of carbonyl (C=O) groups is 1. The van der Waals surface area contributed by atoms with Crippen LogP contribution < -0.4 is 5.32 Å². The van der Waals surface area contributed by atoms with E-state index >= 15 is 0 Å². The molecule has 0 radical (unpaired) electrons. The van der Waals surface area contributed by atoms with Gasteiger partial charge in [-0.15, -0.1) is 11.3 Å². The maximum atomic E-state index is 12.5. The van der Waals surface area contributed by atoms with Crippen LogP contribution >= 0.6 is 11.3 Å². The summed E-state index contributed by atoms with van der Waals surface area (Å²) in [6.45, 7) is 8.17. The minimum Gasteiger partial charge on any atom is -0.353 e. The Kier molecular flexibility index (Phi) is 10.6. The largest absolute Gasteiger partial charge is 0.353 e. The topological polar surface area (TPSA) is 65.8 Å². The molecular formula is C25H35N3OS. The van der Waals surface area contributed by atoms with E-state index in [2.05, 4.69) is 55.0 Å². The molecule has 2 aromatic rings. The zero-order chi connectivity index (χ0) is 21.8. The molecule has 0 fully saturated rings. The highest BCUT2D eigenvalue weighted by atomic mass is 32.1. The van der Waals surface area contributed by atoms with Crippen molar-refractivity contribution in [2.24, 2.45) is 0 Å². The number of fused-ring (bicyclic) bond motifs is 1. The van der Waals surface area contributed by atoms with Crippen LogP contribution in [0, 0.1) is 11.3 Å². The molecule has 0 aliphatic rings. The van der Waals surface area contributed by atoms with E-state index in [1.165, 1.54) is 42.4 Å². The average Bonchev–Trinajstić information content (AvgIpc) is 3.16. The molecule has 1 atom stereocenters. The highest BCUT2D eigenvalue weighted by Gasteiger charge is 2.14. The van der Waals surface area contributed by atoms with Crippen LogP contribution in [-0.2, 0) is 17.6 Å². The molecular weight excluding hydrogens is 390 g/mol. The molecule has 4 nitrogen and oxygen atoms in total. The Bertz CT molecular complexity index is 865. The summed E-state index contributed by atoms with van der Waals surface area (Å²) in [5, 5.41) is 13.2. The van der Waals surface area contributed by atoms with E-state index in [0.717, 1.165) is 29.8 Å². The molecule has 5 heteroatoms. The Morgan fingerprint density at radius 3 is 2.73 bits per heavy atom. The summed E-state index contributed by atoms with van der Waals surface area (Å²) >= 11 is 1.68. The van der Waals surface area contributed by atoms with Gasteiger partial charge in [0.15, 0.2) is 0 Å². The molecule has 1 aromatic carbocycles. The van der Waals surface area contributed by atoms with Crippen LogP contribution in [0.4, 0.5) is 0 Å². The molecule has 162 valence electrons. The Balaban J connectivity index is 1.83. The standard InChI is InChI=1S/C25H35N3OS/c1-4-6-7-8-9-10-11-21(16-19(3)18-26)27-24(29)14-15-25-28-22-13-12-20(5-2)17-23(22)30-25/h12-13,17,21H,3-11,14-16H2,1-2H3,(H,27,29). The monoisotopic (exact) mass is 425 g/mol. The molecule has 1 unspecified atom stereocenters. The maximum absolute atomic E-state index is 12.5. The number of hydrogen-bond donors (Lipinski definition) is 1. The van der Waals surface area contributed by atoms with Crippen LogP contribution in [0.25, 0.3) is 10.2 Å². The Morgan fingerprint density at radius 2 is 2.00 bits per heavy atom. The van der Waals surface area contributed by atoms with E-state index in [9.17, 15) is 4.79 Å². The van der Waals surface area contributed by atoms with Crippen LogP contribution in [0.1, 0.15) is 82.2 Å².